The number of nitrogens with zero attached hydrogens (tertiary/aromatic N) is 2. The summed E-state index contributed by atoms with van der Waals surface area (Å²) in [7, 11) is 0. The normalized spacial score (nSPS) is 10.4. The lowest BCUT2D eigenvalue weighted by Gasteiger charge is -2.06. The van der Waals surface area contributed by atoms with Crippen molar-refractivity contribution in [2.45, 2.75) is 20.3 Å². The van der Waals surface area contributed by atoms with Gasteiger partial charge in [-0.15, -0.1) is 11.3 Å². The summed E-state index contributed by atoms with van der Waals surface area (Å²) in [6.45, 7) is 3.98. The predicted octanol–water partition coefficient (Wildman–Crippen LogP) is 4.08. The van der Waals surface area contributed by atoms with Gasteiger partial charge in [-0.3, -0.25) is 4.79 Å². The van der Waals surface area contributed by atoms with E-state index in [1.165, 1.54) is 11.3 Å². The Labute approximate surface area is 144 Å². The SMILES string of the molecule is Cc1ccnc(Nc2nc(CC(=O)Nc3ccccc3C)cs2)c1. The van der Waals surface area contributed by atoms with Crippen molar-refractivity contribution >= 4 is 33.9 Å². The van der Waals surface area contributed by atoms with Crippen LogP contribution in [0, 0.1) is 13.8 Å². The van der Waals surface area contributed by atoms with Crippen molar-refractivity contribution in [2.75, 3.05) is 10.6 Å². The topological polar surface area (TPSA) is 66.9 Å². The zero-order valence-corrected chi connectivity index (χ0v) is 14.4. The molecule has 0 atom stereocenters. The average Bonchev–Trinajstić information content (AvgIpc) is 2.96. The average molecular weight is 338 g/mol. The predicted molar refractivity (Wildman–Crippen MR) is 97.9 cm³/mol. The fraction of sp³-hybridized carbons (Fsp3) is 0.167. The molecule has 0 aliphatic rings. The van der Waals surface area contributed by atoms with Crippen LogP contribution in [0.25, 0.3) is 0 Å². The molecule has 2 heterocycles. The van der Waals surface area contributed by atoms with Gasteiger partial charge in [-0.25, -0.2) is 9.97 Å². The van der Waals surface area contributed by atoms with Crippen molar-refractivity contribution in [2.24, 2.45) is 0 Å². The van der Waals surface area contributed by atoms with Crippen LogP contribution in [0.5, 0.6) is 0 Å². The maximum atomic E-state index is 12.2. The molecule has 0 fully saturated rings. The highest BCUT2D eigenvalue weighted by atomic mass is 32.1. The van der Waals surface area contributed by atoms with E-state index < -0.39 is 0 Å². The van der Waals surface area contributed by atoms with Gasteiger partial charge in [0.15, 0.2) is 5.13 Å². The zero-order valence-electron chi connectivity index (χ0n) is 13.5. The zero-order chi connectivity index (χ0) is 16.9. The van der Waals surface area contributed by atoms with Gasteiger partial charge in [0.2, 0.25) is 5.91 Å². The summed E-state index contributed by atoms with van der Waals surface area (Å²) in [5.41, 5.74) is 3.74. The molecule has 0 bridgehead atoms. The second-order valence-electron chi connectivity index (χ2n) is 5.53. The third kappa shape index (κ3) is 4.17. The summed E-state index contributed by atoms with van der Waals surface area (Å²) in [6, 6.07) is 11.6. The fourth-order valence-electron chi connectivity index (χ4n) is 2.23. The quantitative estimate of drug-likeness (QED) is 0.735. The van der Waals surface area contributed by atoms with Gasteiger partial charge in [0, 0.05) is 17.3 Å². The number of thiazole rings is 1. The minimum Gasteiger partial charge on any atom is -0.326 e. The van der Waals surface area contributed by atoms with Crippen molar-refractivity contribution in [1.29, 1.82) is 0 Å². The molecule has 0 saturated heterocycles. The summed E-state index contributed by atoms with van der Waals surface area (Å²) >= 11 is 1.46. The van der Waals surface area contributed by atoms with Crippen LogP contribution in [0.15, 0.2) is 48.0 Å². The van der Waals surface area contributed by atoms with Crippen LogP contribution in [-0.2, 0) is 11.2 Å². The molecule has 0 aliphatic heterocycles. The molecular weight excluding hydrogens is 320 g/mol. The van der Waals surface area contributed by atoms with Gasteiger partial charge in [-0.1, -0.05) is 18.2 Å². The smallest absolute Gasteiger partial charge is 0.230 e. The van der Waals surface area contributed by atoms with Crippen LogP contribution < -0.4 is 10.6 Å². The molecule has 3 rings (SSSR count). The Balaban J connectivity index is 1.61. The highest BCUT2D eigenvalue weighted by molar-refractivity contribution is 7.13. The molecule has 3 aromatic rings. The van der Waals surface area contributed by atoms with Gasteiger partial charge in [0.25, 0.3) is 0 Å². The largest absolute Gasteiger partial charge is 0.326 e. The summed E-state index contributed by atoms with van der Waals surface area (Å²) in [4.78, 5) is 20.9. The second kappa shape index (κ2) is 7.23. The molecule has 6 heteroatoms. The van der Waals surface area contributed by atoms with Crippen LogP contribution in [0.2, 0.25) is 0 Å². The number of para-hydroxylation sites is 1. The molecule has 0 saturated carbocycles. The highest BCUT2D eigenvalue weighted by Crippen LogP contribution is 2.21. The van der Waals surface area contributed by atoms with Gasteiger partial charge in [-0.05, 0) is 43.2 Å². The van der Waals surface area contributed by atoms with E-state index in [0.29, 0.717) is 0 Å². The van der Waals surface area contributed by atoms with E-state index in [0.717, 1.165) is 33.5 Å². The first kappa shape index (κ1) is 16.1. The third-order valence-corrected chi connectivity index (χ3v) is 4.27. The molecule has 1 aromatic carbocycles. The summed E-state index contributed by atoms with van der Waals surface area (Å²) in [5.74, 6) is 0.676. The lowest BCUT2D eigenvalue weighted by Crippen LogP contribution is -2.15. The highest BCUT2D eigenvalue weighted by Gasteiger charge is 2.09. The number of carbonyl (C=O) groups excluding carboxylic acids is 1. The molecule has 2 aromatic heterocycles. The molecule has 2 N–H and O–H groups in total. The molecule has 5 nitrogen and oxygen atoms in total. The number of aromatic nitrogens is 2. The first-order valence-corrected chi connectivity index (χ1v) is 8.48. The van der Waals surface area contributed by atoms with Crippen molar-refractivity contribution in [3.63, 3.8) is 0 Å². The Morgan fingerprint density at radius 3 is 2.83 bits per heavy atom. The van der Waals surface area contributed by atoms with E-state index in [1.807, 2.05) is 55.6 Å². The minimum atomic E-state index is -0.0742. The van der Waals surface area contributed by atoms with E-state index in [-0.39, 0.29) is 12.3 Å². The number of rotatable bonds is 5. The van der Waals surface area contributed by atoms with E-state index >= 15 is 0 Å². The number of benzene rings is 1. The van der Waals surface area contributed by atoms with E-state index in [1.54, 1.807) is 6.20 Å². The number of amides is 1. The third-order valence-electron chi connectivity index (χ3n) is 3.46. The molecule has 1 amide bonds. The number of nitrogens with one attached hydrogen (secondary N) is 2. The van der Waals surface area contributed by atoms with Crippen molar-refractivity contribution < 1.29 is 4.79 Å². The minimum absolute atomic E-state index is 0.0742. The van der Waals surface area contributed by atoms with E-state index in [4.69, 9.17) is 0 Å². The van der Waals surface area contributed by atoms with Crippen LogP contribution in [0.1, 0.15) is 16.8 Å². The van der Waals surface area contributed by atoms with Gasteiger partial charge >= 0.3 is 0 Å². The number of hydrogen-bond acceptors (Lipinski definition) is 5. The number of carbonyl (C=O) groups is 1. The number of aryl methyl sites for hydroxylation is 2. The molecule has 0 aliphatic carbocycles. The van der Waals surface area contributed by atoms with Crippen molar-refractivity contribution in [3.05, 3.63) is 64.8 Å². The molecule has 0 spiro atoms. The molecule has 24 heavy (non-hydrogen) atoms. The Kier molecular flexibility index (Phi) is 4.86. The van der Waals surface area contributed by atoms with Crippen molar-refractivity contribution in [1.82, 2.24) is 9.97 Å². The number of anilines is 3. The molecule has 0 unspecified atom stereocenters. The standard InChI is InChI=1S/C18H18N4OS/c1-12-7-8-19-16(9-12)22-18-20-14(11-24-18)10-17(23)21-15-6-4-3-5-13(15)2/h3-9,11H,10H2,1-2H3,(H,21,23)(H,19,20,22). The van der Waals surface area contributed by atoms with E-state index in [9.17, 15) is 4.79 Å². The van der Waals surface area contributed by atoms with Crippen LogP contribution in [-0.4, -0.2) is 15.9 Å². The number of pyridine rings is 1. The summed E-state index contributed by atoms with van der Waals surface area (Å²) in [5, 5.41) is 8.69. The molecular formula is C18H18N4OS. The lowest BCUT2D eigenvalue weighted by atomic mass is 10.2. The Bertz CT molecular complexity index is 859. The summed E-state index contributed by atoms with van der Waals surface area (Å²) < 4.78 is 0. The molecule has 122 valence electrons. The Morgan fingerprint density at radius 1 is 1.21 bits per heavy atom. The maximum absolute atomic E-state index is 12.2. The van der Waals surface area contributed by atoms with Crippen LogP contribution >= 0.6 is 11.3 Å². The van der Waals surface area contributed by atoms with Crippen molar-refractivity contribution in [3.8, 4) is 0 Å². The fourth-order valence-corrected chi connectivity index (χ4v) is 2.95. The van der Waals surface area contributed by atoms with Gasteiger partial charge in [0.1, 0.15) is 5.82 Å². The van der Waals surface area contributed by atoms with E-state index in [2.05, 4.69) is 20.6 Å². The van der Waals surface area contributed by atoms with Crippen LogP contribution in [0.3, 0.4) is 0 Å². The van der Waals surface area contributed by atoms with Gasteiger partial charge in [-0.2, -0.15) is 0 Å². The van der Waals surface area contributed by atoms with Gasteiger partial charge < -0.3 is 10.6 Å². The monoisotopic (exact) mass is 338 g/mol. The molecule has 0 radical (unpaired) electrons. The Hall–Kier alpha value is -2.73. The maximum Gasteiger partial charge on any atom is 0.230 e. The first-order valence-electron chi connectivity index (χ1n) is 7.60. The lowest BCUT2D eigenvalue weighted by molar-refractivity contribution is -0.115. The van der Waals surface area contributed by atoms with Crippen LogP contribution in [0.4, 0.5) is 16.6 Å². The van der Waals surface area contributed by atoms with Gasteiger partial charge in [0.05, 0.1) is 12.1 Å². The first-order chi connectivity index (χ1) is 11.6. The summed E-state index contributed by atoms with van der Waals surface area (Å²) in [6.07, 6.45) is 2.00. The number of hydrogen-bond donors (Lipinski definition) is 2. The Morgan fingerprint density at radius 2 is 2.04 bits per heavy atom. The second-order valence-corrected chi connectivity index (χ2v) is 6.39.